The highest BCUT2D eigenvalue weighted by atomic mass is 32.2. The fourth-order valence-electron chi connectivity index (χ4n) is 3.36. The van der Waals surface area contributed by atoms with Crippen molar-refractivity contribution < 1.29 is 4.79 Å². The minimum atomic E-state index is -0.0172. The zero-order chi connectivity index (χ0) is 20.1. The topological polar surface area (TPSA) is 58.1 Å². The van der Waals surface area contributed by atoms with Gasteiger partial charge < -0.3 is 10.2 Å². The van der Waals surface area contributed by atoms with Gasteiger partial charge in [-0.1, -0.05) is 65.9 Å². The molecule has 1 N–H and O–H groups in total. The first kappa shape index (κ1) is 19.5. The van der Waals surface area contributed by atoms with E-state index in [4.69, 9.17) is 0 Å². The van der Waals surface area contributed by atoms with Crippen LogP contribution in [-0.2, 0) is 24.3 Å². The lowest BCUT2D eigenvalue weighted by Gasteiger charge is -2.29. The molecule has 1 aromatic heterocycles. The van der Waals surface area contributed by atoms with Gasteiger partial charge in [-0.25, -0.2) is 9.97 Å². The Morgan fingerprint density at radius 3 is 2.72 bits per heavy atom. The lowest BCUT2D eigenvalue weighted by atomic mass is 10.00. The number of anilines is 1. The van der Waals surface area contributed by atoms with E-state index in [9.17, 15) is 4.79 Å². The van der Waals surface area contributed by atoms with E-state index in [1.54, 1.807) is 6.20 Å². The van der Waals surface area contributed by atoms with Gasteiger partial charge in [0.05, 0.1) is 5.75 Å². The molecule has 0 saturated carbocycles. The summed E-state index contributed by atoms with van der Waals surface area (Å²) in [7, 11) is 0. The predicted octanol–water partition coefficient (Wildman–Crippen LogP) is 3.76. The third kappa shape index (κ3) is 5.15. The average molecular weight is 405 g/mol. The largest absolute Gasteiger partial charge is 0.352 e. The molecule has 2 heterocycles. The van der Waals surface area contributed by atoms with Gasteiger partial charge in [-0.2, -0.15) is 0 Å². The number of amides is 1. The molecule has 6 heteroatoms. The standard InChI is InChI=1S/C23H24N4OS/c1-17-6-8-18(9-7-17)14-25-22(28)16-29-23-24-12-10-21(26-23)27-13-11-19-4-2-3-5-20(19)15-27/h2-10,12H,11,13-16H2,1H3,(H,25,28). The van der Waals surface area contributed by atoms with Crippen LogP contribution < -0.4 is 10.2 Å². The molecule has 0 bridgehead atoms. The molecule has 2 aromatic carbocycles. The van der Waals surface area contributed by atoms with E-state index in [-0.39, 0.29) is 5.91 Å². The molecule has 29 heavy (non-hydrogen) atoms. The first-order valence-corrected chi connectivity index (χ1v) is 10.8. The van der Waals surface area contributed by atoms with E-state index in [1.807, 2.05) is 18.2 Å². The zero-order valence-corrected chi connectivity index (χ0v) is 17.3. The van der Waals surface area contributed by atoms with Gasteiger partial charge in [0.1, 0.15) is 5.82 Å². The van der Waals surface area contributed by atoms with Crippen LogP contribution in [-0.4, -0.2) is 28.2 Å². The quantitative estimate of drug-likeness (QED) is 0.501. The van der Waals surface area contributed by atoms with Gasteiger partial charge in [0.15, 0.2) is 5.16 Å². The fraction of sp³-hybridized carbons (Fsp3) is 0.261. The Bertz CT molecular complexity index is 990. The molecule has 5 nitrogen and oxygen atoms in total. The first-order chi connectivity index (χ1) is 14.2. The van der Waals surface area contributed by atoms with Gasteiger partial charge >= 0.3 is 0 Å². The minimum Gasteiger partial charge on any atom is -0.352 e. The summed E-state index contributed by atoms with van der Waals surface area (Å²) in [6, 6.07) is 18.7. The summed E-state index contributed by atoms with van der Waals surface area (Å²) >= 11 is 1.37. The van der Waals surface area contributed by atoms with Crippen LogP contribution in [0.25, 0.3) is 0 Å². The Morgan fingerprint density at radius 1 is 1.10 bits per heavy atom. The number of thioether (sulfide) groups is 1. The smallest absolute Gasteiger partial charge is 0.230 e. The highest BCUT2D eigenvalue weighted by Gasteiger charge is 2.17. The summed E-state index contributed by atoms with van der Waals surface area (Å²) in [5.74, 6) is 1.20. The average Bonchev–Trinajstić information content (AvgIpc) is 2.77. The van der Waals surface area contributed by atoms with Crippen LogP contribution in [0.15, 0.2) is 66.0 Å². The molecule has 1 aliphatic heterocycles. The number of hydrogen-bond donors (Lipinski definition) is 1. The molecule has 1 amide bonds. The molecular weight excluding hydrogens is 380 g/mol. The third-order valence-electron chi connectivity index (χ3n) is 5.02. The first-order valence-electron chi connectivity index (χ1n) is 9.77. The van der Waals surface area contributed by atoms with Gasteiger partial charge in [-0.15, -0.1) is 0 Å². The SMILES string of the molecule is Cc1ccc(CNC(=O)CSc2nccc(N3CCc4ccccc4C3)n2)cc1. The number of rotatable bonds is 6. The summed E-state index contributed by atoms with van der Waals surface area (Å²) in [4.78, 5) is 23.4. The van der Waals surface area contributed by atoms with Gasteiger partial charge in [0.2, 0.25) is 5.91 Å². The van der Waals surface area contributed by atoms with Crippen LogP contribution in [0, 0.1) is 6.92 Å². The van der Waals surface area contributed by atoms with Crippen LogP contribution in [0.4, 0.5) is 5.82 Å². The number of nitrogens with zero attached hydrogens (tertiary/aromatic N) is 3. The second-order valence-electron chi connectivity index (χ2n) is 7.19. The van der Waals surface area contributed by atoms with E-state index in [0.717, 1.165) is 30.9 Å². The maximum absolute atomic E-state index is 12.2. The molecule has 0 fully saturated rings. The summed E-state index contributed by atoms with van der Waals surface area (Å²) in [6.45, 7) is 4.38. The zero-order valence-electron chi connectivity index (χ0n) is 16.5. The Hall–Kier alpha value is -2.86. The molecule has 0 aliphatic carbocycles. The molecule has 0 unspecified atom stereocenters. The predicted molar refractivity (Wildman–Crippen MR) is 117 cm³/mol. The number of aryl methyl sites for hydroxylation is 1. The lowest BCUT2D eigenvalue weighted by molar-refractivity contribution is -0.118. The Labute approximate surface area is 175 Å². The van der Waals surface area contributed by atoms with Crippen molar-refractivity contribution in [3.8, 4) is 0 Å². The van der Waals surface area contributed by atoms with E-state index in [1.165, 1.54) is 28.5 Å². The van der Waals surface area contributed by atoms with Crippen molar-refractivity contribution in [2.24, 2.45) is 0 Å². The van der Waals surface area contributed by atoms with Gasteiger partial charge in [0, 0.05) is 25.8 Å². The molecule has 0 spiro atoms. The minimum absolute atomic E-state index is 0.0172. The molecule has 4 rings (SSSR count). The van der Waals surface area contributed by atoms with Crippen molar-refractivity contribution >= 4 is 23.5 Å². The van der Waals surface area contributed by atoms with Crippen LogP contribution in [0.5, 0.6) is 0 Å². The molecule has 3 aromatic rings. The summed E-state index contributed by atoms with van der Waals surface area (Å²) in [5, 5.41) is 3.58. The molecule has 1 aliphatic rings. The molecule has 0 saturated heterocycles. The van der Waals surface area contributed by atoms with Crippen molar-refractivity contribution in [1.82, 2.24) is 15.3 Å². The maximum Gasteiger partial charge on any atom is 0.230 e. The van der Waals surface area contributed by atoms with Crippen LogP contribution >= 0.6 is 11.8 Å². The van der Waals surface area contributed by atoms with Crippen molar-refractivity contribution in [2.75, 3.05) is 17.2 Å². The number of fused-ring (bicyclic) bond motifs is 1. The van der Waals surface area contributed by atoms with Crippen molar-refractivity contribution in [2.45, 2.75) is 31.6 Å². The normalized spacial score (nSPS) is 13.1. The number of carbonyl (C=O) groups is 1. The van der Waals surface area contributed by atoms with Gasteiger partial charge in [-0.05, 0) is 36.1 Å². The molecular formula is C23H24N4OS. The Kier molecular flexibility index (Phi) is 6.10. The van der Waals surface area contributed by atoms with Crippen molar-refractivity contribution in [3.05, 3.63) is 83.0 Å². The van der Waals surface area contributed by atoms with Crippen LogP contribution in [0.1, 0.15) is 22.3 Å². The highest BCUT2D eigenvalue weighted by molar-refractivity contribution is 7.99. The highest BCUT2D eigenvalue weighted by Crippen LogP contribution is 2.24. The van der Waals surface area contributed by atoms with E-state index in [2.05, 4.69) is 63.5 Å². The number of benzene rings is 2. The van der Waals surface area contributed by atoms with Crippen molar-refractivity contribution in [3.63, 3.8) is 0 Å². The third-order valence-corrected chi connectivity index (χ3v) is 5.88. The van der Waals surface area contributed by atoms with Gasteiger partial charge in [-0.3, -0.25) is 4.79 Å². The summed E-state index contributed by atoms with van der Waals surface area (Å²) < 4.78 is 0. The van der Waals surface area contributed by atoms with E-state index < -0.39 is 0 Å². The van der Waals surface area contributed by atoms with Crippen LogP contribution in [0.3, 0.4) is 0 Å². The number of nitrogens with one attached hydrogen (secondary N) is 1. The number of aromatic nitrogens is 2. The van der Waals surface area contributed by atoms with Gasteiger partial charge in [0.25, 0.3) is 0 Å². The van der Waals surface area contributed by atoms with E-state index >= 15 is 0 Å². The molecule has 0 atom stereocenters. The Morgan fingerprint density at radius 2 is 1.90 bits per heavy atom. The lowest BCUT2D eigenvalue weighted by Crippen LogP contribution is -2.31. The Balaban J connectivity index is 1.31. The van der Waals surface area contributed by atoms with E-state index in [0.29, 0.717) is 17.5 Å². The second kappa shape index (κ2) is 9.09. The summed E-state index contributed by atoms with van der Waals surface area (Å²) in [6.07, 6.45) is 2.79. The molecule has 148 valence electrons. The molecule has 0 radical (unpaired) electrons. The number of hydrogen-bond acceptors (Lipinski definition) is 5. The van der Waals surface area contributed by atoms with Crippen LogP contribution in [0.2, 0.25) is 0 Å². The monoisotopic (exact) mass is 404 g/mol. The second-order valence-corrected chi connectivity index (χ2v) is 8.13. The number of carbonyl (C=O) groups excluding carboxylic acids is 1. The fourth-order valence-corrected chi connectivity index (χ4v) is 4.01. The summed E-state index contributed by atoms with van der Waals surface area (Å²) in [5.41, 5.74) is 5.07. The maximum atomic E-state index is 12.2. The van der Waals surface area contributed by atoms with Crippen molar-refractivity contribution in [1.29, 1.82) is 0 Å².